The van der Waals surface area contributed by atoms with Crippen molar-refractivity contribution in [2.45, 2.75) is 6.92 Å². The van der Waals surface area contributed by atoms with Crippen LogP contribution in [0.3, 0.4) is 0 Å². The number of rotatable bonds is 3. The molecule has 0 bridgehead atoms. The molecule has 0 aliphatic heterocycles. The van der Waals surface area contributed by atoms with Crippen LogP contribution in [0.5, 0.6) is 0 Å². The summed E-state index contributed by atoms with van der Waals surface area (Å²) in [5.74, 6) is -0.110. The average Bonchev–Trinajstić information content (AvgIpc) is 2.51. The van der Waals surface area contributed by atoms with Crippen molar-refractivity contribution in [3.8, 4) is 0 Å². The van der Waals surface area contributed by atoms with Crippen molar-refractivity contribution in [2.24, 2.45) is 0 Å². The fourth-order valence-corrected chi connectivity index (χ4v) is 1.68. The van der Waals surface area contributed by atoms with Gasteiger partial charge >= 0.3 is 0 Å². The Labute approximate surface area is 86.3 Å². The van der Waals surface area contributed by atoms with Gasteiger partial charge in [0.1, 0.15) is 0 Å². The fraction of sp³-hybridized carbons (Fsp3) is 0.375. The summed E-state index contributed by atoms with van der Waals surface area (Å²) in [6.45, 7) is 2.73. The molecule has 3 nitrogen and oxygen atoms in total. The van der Waals surface area contributed by atoms with Crippen molar-refractivity contribution in [1.82, 2.24) is 10.4 Å². The number of nitrogens with one attached hydrogen (secondary N) is 1. The molecule has 0 aliphatic rings. The average molecular weight is 219 g/mol. The van der Waals surface area contributed by atoms with Gasteiger partial charge in [-0.15, -0.1) is 11.3 Å². The minimum Gasteiger partial charge on any atom is -0.284 e. The largest absolute Gasteiger partial charge is 0.284 e. The highest BCUT2D eigenvalue weighted by molar-refractivity contribution is 7.17. The number of hydrazine groups is 1. The van der Waals surface area contributed by atoms with Crippen molar-refractivity contribution in [3.05, 3.63) is 21.3 Å². The number of halogens is 1. The molecule has 0 atom stereocenters. The number of nitrogens with zero attached hydrogens (tertiary/aromatic N) is 1. The van der Waals surface area contributed by atoms with Crippen LogP contribution >= 0.6 is 22.9 Å². The standard InChI is InChI=1S/C8H11ClN2OS/c1-3-11(2)10-8(12)6-4-5-7(9)13-6/h4-5H,3H2,1-2H3,(H,10,12). The fourth-order valence-electron chi connectivity index (χ4n) is 0.744. The van der Waals surface area contributed by atoms with Gasteiger partial charge < -0.3 is 0 Å². The maximum atomic E-state index is 11.4. The molecular weight excluding hydrogens is 208 g/mol. The van der Waals surface area contributed by atoms with Gasteiger partial charge in [0, 0.05) is 13.6 Å². The van der Waals surface area contributed by atoms with Crippen molar-refractivity contribution in [1.29, 1.82) is 0 Å². The van der Waals surface area contributed by atoms with E-state index in [1.165, 1.54) is 11.3 Å². The van der Waals surface area contributed by atoms with E-state index in [9.17, 15) is 4.79 Å². The second-order valence-corrected chi connectivity index (χ2v) is 4.27. The molecule has 72 valence electrons. The molecule has 13 heavy (non-hydrogen) atoms. The van der Waals surface area contributed by atoms with Crippen LogP contribution in [0.15, 0.2) is 12.1 Å². The molecule has 0 aliphatic carbocycles. The van der Waals surface area contributed by atoms with Crippen LogP contribution in [0, 0.1) is 0 Å². The Kier molecular flexibility index (Phi) is 3.71. The summed E-state index contributed by atoms with van der Waals surface area (Å²) < 4.78 is 0.629. The SMILES string of the molecule is CCN(C)NC(=O)c1ccc(Cl)s1. The van der Waals surface area contributed by atoms with E-state index >= 15 is 0 Å². The second-order valence-electron chi connectivity index (χ2n) is 2.56. The predicted octanol–water partition coefficient (Wildman–Crippen LogP) is 2.00. The summed E-state index contributed by atoms with van der Waals surface area (Å²) in [6.07, 6.45) is 0. The molecule has 1 rings (SSSR count). The Bertz CT molecular complexity index is 300. The molecule has 0 radical (unpaired) electrons. The highest BCUT2D eigenvalue weighted by Crippen LogP contribution is 2.20. The summed E-state index contributed by atoms with van der Waals surface area (Å²) >= 11 is 6.97. The molecular formula is C8H11ClN2OS. The van der Waals surface area contributed by atoms with Crippen LogP contribution in [-0.4, -0.2) is 24.5 Å². The zero-order chi connectivity index (χ0) is 9.84. The van der Waals surface area contributed by atoms with E-state index in [-0.39, 0.29) is 5.91 Å². The number of carbonyl (C=O) groups excluding carboxylic acids is 1. The molecule has 1 heterocycles. The molecule has 0 spiro atoms. The van der Waals surface area contributed by atoms with Gasteiger partial charge in [-0.3, -0.25) is 10.2 Å². The Morgan fingerprint density at radius 2 is 2.38 bits per heavy atom. The molecule has 0 fully saturated rings. The van der Waals surface area contributed by atoms with Crippen LogP contribution in [0.25, 0.3) is 0 Å². The van der Waals surface area contributed by atoms with Gasteiger partial charge in [-0.1, -0.05) is 18.5 Å². The summed E-state index contributed by atoms with van der Waals surface area (Å²) in [4.78, 5) is 12.1. The van der Waals surface area contributed by atoms with Crippen LogP contribution in [0.4, 0.5) is 0 Å². The summed E-state index contributed by atoms with van der Waals surface area (Å²) in [5.41, 5.74) is 2.71. The van der Waals surface area contributed by atoms with Gasteiger partial charge in [-0.05, 0) is 12.1 Å². The smallest absolute Gasteiger partial charge is 0.275 e. The number of carbonyl (C=O) groups is 1. The van der Waals surface area contributed by atoms with E-state index in [2.05, 4.69) is 5.43 Å². The zero-order valence-electron chi connectivity index (χ0n) is 7.50. The van der Waals surface area contributed by atoms with E-state index in [4.69, 9.17) is 11.6 Å². The Hall–Kier alpha value is -0.580. The van der Waals surface area contributed by atoms with Crippen LogP contribution in [-0.2, 0) is 0 Å². The topological polar surface area (TPSA) is 32.3 Å². The maximum absolute atomic E-state index is 11.4. The first kappa shape index (κ1) is 10.5. The van der Waals surface area contributed by atoms with Gasteiger partial charge in [0.15, 0.2) is 0 Å². The number of hydrogen-bond donors (Lipinski definition) is 1. The van der Waals surface area contributed by atoms with E-state index in [0.717, 1.165) is 6.54 Å². The van der Waals surface area contributed by atoms with Crippen LogP contribution < -0.4 is 5.43 Å². The van der Waals surface area contributed by atoms with Gasteiger partial charge in [0.05, 0.1) is 9.21 Å². The van der Waals surface area contributed by atoms with Crippen molar-refractivity contribution >= 4 is 28.8 Å². The van der Waals surface area contributed by atoms with Gasteiger partial charge in [-0.25, -0.2) is 5.01 Å². The summed E-state index contributed by atoms with van der Waals surface area (Å²) in [7, 11) is 1.81. The van der Waals surface area contributed by atoms with E-state index in [1.807, 2.05) is 14.0 Å². The third-order valence-corrected chi connectivity index (χ3v) is 2.79. The third-order valence-electron chi connectivity index (χ3n) is 1.56. The lowest BCUT2D eigenvalue weighted by Crippen LogP contribution is -2.38. The van der Waals surface area contributed by atoms with Gasteiger partial charge in [0.25, 0.3) is 5.91 Å². The van der Waals surface area contributed by atoms with E-state index in [0.29, 0.717) is 9.21 Å². The first-order valence-electron chi connectivity index (χ1n) is 3.91. The molecule has 0 saturated heterocycles. The minimum absolute atomic E-state index is 0.110. The molecule has 0 unspecified atom stereocenters. The minimum atomic E-state index is -0.110. The van der Waals surface area contributed by atoms with E-state index < -0.39 is 0 Å². The van der Waals surface area contributed by atoms with Crippen molar-refractivity contribution < 1.29 is 4.79 Å². The first-order valence-corrected chi connectivity index (χ1v) is 5.10. The lowest BCUT2D eigenvalue weighted by Gasteiger charge is -2.14. The predicted molar refractivity (Wildman–Crippen MR) is 55.1 cm³/mol. The quantitative estimate of drug-likeness (QED) is 0.788. The van der Waals surface area contributed by atoms with Crippen molar-refractivity contribution in [2.75, 3.05) is 13.6 Å². The third kappa shape index (κ3) is 2.99. The molecule has 0 saturated carbocycles. The zero-order valence-corrected chi connectivity index (χ0v) is 9.08. The van der Waals surface area contributed by atoms with Crippen LogP contribution in [0.2, 0.25) is 4.34 Å². The lowest BCUT2D eigenvalue weighted by molar-refractivity contribution is 0.0839. The molecule has 0 aromatic carbocycles. The highest BCUT2D eigenvalue weighted by atomic mass is 35.5. The second kappa shape index (κ2) is 4.60. The van der Waals surface area contributed by atoms with Crippen LogP contribution in [0.1, 0.15) is 16.6 Å². The van der Waals surface area contributed by atoms with Crippen molar-refractivity contribution in [3.63, 3.8) is 0 Å². The molecule has 1 aromatic rings. The monoisotopic (exact) mass is 218 g/mol. The van der Waals surface area contributed by atoms with Gasteiger partial charge in [0.2, 0.25) is 0 Å². The maximum Gasteiger partial charge on any atom is 0.275 e. The van der Waals surface area contributed by atoms with Gasteiger partial charge in [-0.2, -0.15) is 0 Å². The molecule has 1 aromatic heterocycles. The summed E-state index contributed by atoms with van der Waals surface area (Å²) in [5, 5.41) is 1.72. The lowest BCUT2D eigenvalue weighted by atomic mass is 10.4. The molecule has 1 N–H and O–H groups in total. The normalized spacial score (nSPS) is 10.5. The number of thiophene rings is 1. The Morgan fingerprint density at radius 1 is 1.69 bits per heavy atom. The Balaban J connectivity index is 2.58. The molecule has 5 heteroatoms. The highest BCUT2D eigenvalue weighted by Gasteiger charge is 2.08. The Morgan fingerprint density at radius 3 is 2.85 bits per heavy atom. The number of amides is 1. The first-order chi connectivity index (χ1) is 6.13. The molecule has 1 amide bonds. The summed E-state index contributed by atoms with van der Waals surface area (Å²) in [6, 6.07) is 3.43. The van der Waals surface area contributed by atoms with E-state index in [1.54, 1.807) is 17.1 Å². The number of hydrogen-bond acceptors (Lipinski definition) is 3.